The Morgan fingerprint density at radius 1 is 1.50 bits per heavy atom. The minimum atomic E-state index is -0.957. The van der Waals surface area contributed by atoms with Crippen molar-refractivity contribution in [2.24, 2.45) is 0 Å². The van der Waals surface area contributed by atoms with Gasteiger partial charge in [-0.2, -0.15) is 0 Å². The molecule has 0 saturated carbocycles. The molecule has 4 heteroatoms. The van der Waals surface area contributed by atoms with Crippen molar-refractivity contribution in [1.29, 1.82) is 0 Å². The molecule has 0 atom stereocenters. The van der Waals surface area contributed by atoms with E-state index in [9.17, 15) is 4.79 Å². The van der Waals surface area contributed by atoms with E-state index in [1.807, 2.05) is 24.3 Å². The summed E-state index contributed by atoms with van der Waals surface area (Å²) in [4.78, 5) is 10.4. The summed E-state index contributed by atoms with van der Waals surface area (Å²) in [6.45, 7) is 0.401. The van der Waals surface area contributed by atoms with Crippen LogP contribution >= 0.6 is 15.9 Å². The smallest absolute Gasteiger partial charge is 0.328 e. The highest BCUT2D eigenvalue weighted by Gasteiger charge is 2.09. The standard InChI is InChI=1S/C12H9BrO3/c13-10-2-3-11-9(6-10)5-8(7-16-11)1-4-12(14)15/h1-6H,7H2,(H,14,15)/b4-1+. The van der Waals surface area contributed by atoms with Gasteiger partial charge in [0.2, 0.25) is 0 Å². The Morgan fingerprint density at radius 3 is 3.06 bits per heavy atom. The molecular formula is C12H9BrO3. The van der Waals surface area contributed by atoms with Gasteiger partial charge < -0.3 is 9.84 Å². The fraction of sp³-hybridized carbons (Fsp3) is 0.0833. The van der Waals surface area contributed by atoms with Crippen LogP contribution in [0, 0.1) is 0 Å². The number of hydrogen-bond acceptors (Lipinski definition) is 2. The maximum Gasteiger partial charge on any atom is 0.328 e. The van der Waals surface area contributed by atoms with Crippen molar-refractivity contribution in [3.05, 3.63) is 46.0 Å². The fourth-order valence-corrected chi connectivity index (χ4v) is 1.82. The first-order chi connectivity index (χ1) is 7.65. The number of fused-ring (bicyclic) bond motifs is 1. The van der Waals surface area contributed by atoms with Crippen molar-refractivity contribution in [1.82, 2.24) is 0 Å². The van der Waals surface area contributed by atoms with Gasteiger partial charge in [0.05, 0.1) is 0 Å². The van der Waals surface area contributed by atoms with Crippen molar-refractivity contribution in [2.45, 2.75) is 0 Å². The number of carboxylic acids is 1. The van der Waals surface area contributed by atoms with E-state index >= 15 is 0 Å². The second-order valence-electron chi connectivity index (χ2n) is 3.36. The molecule has 1 aromatic rings. The average Bonchev–Trinajstić information content (AvgIpc) is 2.25. The Bertz CT molecular complexity index is 489. The second kappa shape index (κ2) is 4.53. The van der Waals surface area contributed by atoms with Crippen molar-refractivity contribution in [2.75, 3.05) is 6.61 Å². The molecule has 1 aliphatic rings. The normalized spacial score (nSPS) is 14.2. The minimum Gasteiger partial charge on any atom is -0.488 e. The van der Waals surface area contributed by atoms with Crippen LogP contribution < -0.4 is 4.74 Å². The highest BCUT2D eigenvalue weighted by molar-refractivity contribution is 9.10. The third-order valence-corrected chi connectivity index (χ3v) is 2.64. The summed E-state index contributed by atoms with van der Waals surface area (Å²) in [6.07, 6.45) is 4.58. The Hall–Kier alpha value is -1.55. The third-order valence-electron chi connectivity index (χ3n) is 2.15. The van der Waals surface area contributed by atoms with Gasteiger partial charge in [0.15, 0.2) is 0 Å². The molecule has 0 unspecified atom stereocenters. The van der Waals surface area contributed by atoms with Gasteiger partial charge in [-0.05, 0) is 35.9 Å². The van der Waals surface area contributed by atoms with Crippen LogP contribution in [0.1, 0.15) is 5.56 Å². The average molecular weight is 281 g/mol. The number of ether oxygens (including phenoxy) is 1. The van der Waals surface area contributed by atoms with Gasteiger partial charge in [0, 0.05) is 16.1 Å². The zero-order valence-corrected chi connectivity index (χ0v) is 9.90. The Morgan fingerprint density at radius 2 is 2.31 bits per heavy atom. The van der Waals surface area contributed by atoms with Gasteiger partial charge in [0.25, 0.3) is 0 Å². The highest BCUT2D eigenvalue weighted by atomic mass is 79.9. The van der Waals surface area contributed by atoms with E-state index in [2.05, 4.69) is 15.9 Å². The van der Waals surface area contributed by atoms with E-state index in [-0.39, 0.29) is 0 Å². The molecule has 16 heavy (non-hydrogen) atoms. The summed E-state index contributed by atoms with van der Waals surface area (Å²) in [7, 11) is 0. The van der Waals surface area contributed by atoms with E-state index in [1.54, 1.807) is 6.08 Å². The summed E-state index contributed by atoms with van der Waals surface area (Å²) in [5, 5.41) is 8.52. The predicted octanol–water partition coefficient (Wildman–Crippen LogP) is 2.87. The van der Waals surface area contributed by atoms with Crippen LogP contribution in [0.2, 0.25) is 0 Å². The van der Waals surface area contributed by atoms with E-state index in [1.165, 1.54) is 0 Å². The highest BCUT2D eigenvalue weighted by Crippen LogP contribution is 2.29. The Labute approximate surface area is 101 Å². The molecule has 0 spiro atoms. The zero-order chi connectivity index (χ0) is 11.5. The van der Waals surface area contributed by atoms with Crippen molar-refractivity contribution in [3.8, 4) is 5.75 Å². The summed E-state index contributed by atoms with van der Waals surface area (Å²) >= 11 is 3.38. The van der Waals surface area contributed by atoms with Crippen LogP contribution in [0.25, 0.3) is 6.08 Å². The molecule has 1 aliphatic heterocycles. The lowest BCUT2D eigenvalue weighted by atomic mass is 10.1. The zero-order valence-electron chi connectivity index (χ0n) is 8.31. The van der Waals surface area contributed by atoms with Gasteiger partial charge in [-0.25, -0.2) is 4.79 Å². The van der Waals surface area contributed by atoms with Crippen molar-refractivity contribution in [3.63, 3.8) is 0 Å². The molecule has 0 amide bonds. The number of carbonyl (C=O) groups is 1. The second-order valence-corrected chi connectivity index (χ2v) is 4.28. The van der Waals surface area contributed by atoms with Crippen molar-refractivity contribution >= 4 is 28.0 Å². The molecule has 0 saturated heterocycles. The topological polar surface area (TPSA) is 46.5 Å². The van der Waals surface area contributed by atoms with E-state index in [0.29, 0.717) is 6.61 Å². The minimum absolute atomic E-state index is 0.401. The molecular weight excluding hydrogens is 272 g/mol. The van der Waals surface area contributed by atoms with Gasteiger partial charge in [-0.3, -0.25) is 0 Å². The predicted molar refractivity (Wildman–Crippen MR) is 64.4 cm³/mol. The molecule has 82 valence electrons. The molecule has 0 radical (unpaired) electrons. The number of aliphatic carboxylic acids is 1. The summed E-state index contributed by atoms with van der Waals surface area (Å²) in [6, 6.07) is 5.72. The monoisotopic (exact) mass is 280 g/mol. The Kier molecular flexibility index (Phi) is 3.10. The molecule has 3 nitrogen and oxygen atoms in total. The first kappa shape index (κ1) is 11.0. The molecule has 1 heterocycles. The van der Waals surface area contributed by atoms with Gasteiger partial charge in [0.1, 0.15) is 12.4 Å². The molecule has 2 rings (SSSR count). The maximum absolute atomic E-state index is 10.4. The molecule has 0 fully saturated rings. The van der Waals surface area contributed by atoms with Gasteiger partial charge >= 0.3 is 5.97 Å². The number of rotatable bonds is 2. The molecule has 0 bridgehead atoms. The quantitative estimate of drug-likeness (QED) is 0.848. The number of carboxylic acid groups (broad SMARTS) is 1. The number of halogens is 1. The largest absolute Gasteiger partial charge is 0.488 e. The summed E-state index contributed by atoms with van der Waals surface area (Å²) in [5.74, 6) is -0.142. The van der Waals surface area contributed by atoms with E-state index < -0.39 is 5.97 Å². The molecule has 0 aromatic heterocycles. The third kappa shape index (κ3) is 2.52. The first-order valence-electron chi connectivity index (χ1n) is 4.69. The van der Waals surface area contributed by atoms with Crippen LogP contribution in [0.4, 0.5) is 0 Å². The van der Waals surface area contributed by atoms with Crippen molar-refractivity contribution < 1.29 is 14.6 Å². The number of benzene rings is 1. The lowest BCUT2D eigenvalue weighted by molar-refractivity contribution is -0.131. The van der Waals surface area contributed by atoms with Gasteiger partial charge in [-0.15, -0.1) is 0 Å². The van der Waals surface area contributed by atoms with E-state index in [4.69, 9.17) is 9.84 Å². The van der Waals surface area contributed by atoms with E-state index in [0.717, 1.165) is 27.4 Å². The lowest BCUT2D eigenvalue weighted by Gasteiger charge is -2.16. The van der Waals surface area contributed by atoms with Crippen LogP contribution in [0.15, 0.2) is 40.4 Å². The Balaban J connectivity index is 2.30. The number of hydrogen-bond donors (Lipinski definition) is 1. The summed E-state index contributed by atoms with van der Waals surface area (Å²) in [5.41, 5.74) is 1.79. The summed E-state index contributed by atoms with van der Waals surface area (Å²) < 4.78 is 6.46. The lowest BCUT2D eigenvalue weighted by Crippen LogP contribution is -2.06. The van der Waals surface area contributed by atoms with Crippen LogP contribution in [-0.2, 0) is 4.79 Å². The molecule has 1 aromatic carbocycles. The van der Waals surface area contributed by atoms with Crippen LogP contribution in [0.5, 0.6) is 5.75 Å². The fourth-order valence-electron chi connectivity index (χ4n) is 1.44. The molecule has 0 aliphatic carbocycles. The van der Waals surface area contributed by atoms with Gasteiger partial charge in [-0.1, -0.05) is 15.9 Å². The maximum atomic E-state index is 10.4. The van der Waals surface area contributed by atoms with Crippen LogP contribution in [0.3, 0.4) is 0 Å². The van der Waals surface area contributed by atoms with Crippen LogP contribution in [-0.4, -0.2) is 17.7 Å². The SMILES string of the molecule is O=C(O)/C=C/C1=Cc2cc(Br)ccc2OC1. The first-order valence-corrected chi connectivity index (χ1v) is 5.48. The molecule has 1 N–H and O–H groups in total.